The first-order chi connectivity index (χ1) is 15.3. The Balaban J connectivity index is 1.60. The lowest BCUT2D eigenvalue weighted by molar-refractivity contribution is -0.149. The van der Waals surface area contributed by atoms with Gasteiger partial charge in [-0.3, -0.25) is 9.59 Å². The lowest BCUT2D eigenvalue weighted by atomic mass is 10.1. The van der Waals surface area contributed by atoms with Crippen LogP contribution in [0.3, 0.4) is 0 Å². The number of hydrogen-bond acceptors (Lipinski definition) is 7. The zero-order valence-electron chi connectivity index (χ0n) is 18.2. The molecule has 2 aromatic rings. The van der Waals surface area contributed by atoms with Crippen LogP contribution in [0.15, 0.2) is 53.4 Å². The molecule has 1 fully saturated rings. The molecule has 0 N–H and O–H groups in total. The van der Waals surface area contributed by atoms with Crippen LogP contribution in [0.2, 0.25) is 0 Å². The Morgan fingerprint density at radius 1 is 0.969 bits per heavy atom. The number of benzene rings is 2. The molecule has 1 aliphatic rings. The van der Waals surface area contributed by atoms with Crippen molar-refractivity contribution in [3.8, 4) is 11.5 Å². The van der Waals surface area contributed by atoms with Crippen molar-refractivity contribution in [2.24, 2.45) is 0 Å². The first-order valence-electron chi connectivity index (χ1n) is 10.4. The lowest BCUT2D eigenvalue weighted by Gasteiger charge is -2.33. The molecule has 1 unspecified atom stereocenters. The number of esters is 1. The minimum Gasteiger partial charge on any atom is -0.497 e. The quantitative estimate of drug-likeness (QED) is 0.321. The summed E-state index contributed by atoms with van der Waals surface area (Å²) >= 11 is 0. The van der Waals surface area contributed by atoms with Crippen molar-refractivity contribution in [2.75, 3.05) is 26.9 Å². The predicted octanol–water partition coefficient (Wildman–Crippen LogP) is 3.06. The van der Waals surface area contributed by atoms with Gasteiger partial charge in [0.2, 0.25) is 10.0 Å². The Bertz CT molecular complexity index is 1030. The molecular formula is C23H27NO7S. The van der Waals surface area contributed by atoms with E-state index in [1.807, 2.05) is 0 Å². The van der Waals surface area contributed by atoms with Gasteiger partial charge in [0.25, 0.3) is 0 Å². The molecule has 8 nitrogen and oxygen atoms in total. The Morgan fingerprint density at radius 2 is 1.62 bits per heavy atom. The summed E-state index contributed by atoms with van der Waals surface area (Å²) in [5.74, 6) is 0.577. The fourth-order valence-electron chi connectivity index (χ4n) is 3.50. The van der Waals surface area contributed by atoms with Gasteiger partial charge in [-0.25, -0.2) is 8.42 Å². The van der Waals surface area contributed by atoms with E-state index in [9.17, 15) is 18.0 Å². The summed E-state index contributed by atoms with van der Waals surface area (Å²) in [6.45, 7) is 1.80. The normalized spacial score (nSPS) is 16.9. The largest absolute Gasteiger partial charge is 0.497 e. The molecule has 1 heterocycles. The SMILES string of the molecule is COc1ccc(OCCOC(=O)C2CCCCN2S(=O)(=O)c2ccc(C(C)=O)cc2)cc1. The number of carbonyl (C=O) groups is 2. The van der Waals surface area contributed by atoms with E-state index in [2.05, 4.69) is 0 Å². The molecule has 2 aromatic carbocycles. The van der Waals surface area contributed by atoms with Crippen LogP contribution in [0.5, 0.6) is 11.5 Å². The summed E-state index contributed by atoms with van der Waals surface area (Å²) in [5.41, 5.74) is 0.426. The molecule has 0 spiro atoms. The minimum atomic E-state index is -3.90. The smallest absolute Gasteiger partial charge is 0.324 e. The maximum atomic E-state index is 13.1. The van der Waals surface area contributed by atoms with Crippen molar-refractivity contribution in [1.29, 1.82) is 0 Å². The second kappa shape index (κ2) is 10.6. The molecular weight excluding hydrogens is 434 g/mol. The lowest BCUT2D eigenvalue weighted by Crippen LogP contribution is -2.48. The number of carbonyl (C=O) groups excluding carboxylic acids is 2. The monoisotopic (exact) mass is 461 g/mol. The third kappa shape index (κ3) is 5.66. The summed E-state index contributed by atoms with van der Waals surface area (Å²) in [6, 6.07) is 11.9. The fraction of sp³-hybridized carbons (Fsp3) is 0.391. The van der Waals surface area contributed by atoms with Crippen LogP contribution in [0, 0.1) is 0 Å². The van der Waals surface area contributed by atoms with Crippen LogP contribution in [0.25, 0.3) is 0 Å². The highest BCUT2D eigenvalue weighted by atomic mass is 32.2. The standard InChI is InChI=1S/C23H27NO7S/c1-17(25)18-6-12-21(13-7-18)32(27,28)24-14-4-3-5-22(24)23(26)31-16-15-30-20-10-8-19(29-2)9-11-20/h6-13,22H,3-5,14-16H2,1-2H3. The Labute approximate surface area is 188 Å². The molecule has 9 heteroatoms. The molecule has 0 aromatic heterocycles. The first-order valence-corrected chi connectivity index (χ1v) is 11.8. The Hall–Kier alpha value is -2.91. The number of Topliss-reactive ketones (excluding diaryl/α,β-unsaturated/α-hetero) is 1. The highest BCUT2D eigenvalue weighted by Crippen LogP contribution is 2.26. The van der Waals surface area contributed by atoms with Crippen molar-refractivity contribution in [3.63, 3.8) is 0 Å². The summed E-state index contributed by atoms with van der Waals surface area (Å²) in [6.07, 6.45) is 1.79. The van der Waals surface area contributed by atoms with Gasteiger partial charge in [-0.2, -0.15) is 4.31 Å². The number of nitrogens with zero attached hydrogens (tertiary/aromatic N) is 1. The predicted molar refractivity (Wildman–Crippen MR) is 117 cm³/mol. The maximum absolute atomic E-state index is 13.1. The van der Waals surface area contributed by atoms with Crippen molar-refractivity contribution in [3.05, 3.63) is 54.1 Å². The number of ether oxygens (including phenoxy) is 3. The minimum absolute atomic E-state index is 0.00254. The van der Waals surface area contributed by atoms with Crippen molar-refractivity contribution in [1.82, 2.24) is 4.31 Å². The van der Waals surface area contributed by atoms with Crippen LogP contribution in [-0.4, -0.2) is 57.4 Å². The zero-order chi connectivity index (χ0) is 23.1. The molecule has 0 amide bonds. The summed E-state index contributed by atoms with van der Waals surface area (Å²) in [4.78, 5) is 24.2. The van der Waals surface area contributed by atoms with E-state index < -0.39 is 22.0 Å². The van der Waals surface area contributed by atoms with Gasteiger partial charge in [-0.1, -0.05) is 12.1 Å². The topological polar surface area (TPSA) is 99.2 Å². The second-order valence-corrected chi connectivity index (χ2v) is 9.29. The molecule has 0 radical (unpaired) electrons. The molecule has 1 aliphatic heterocycles. The zero-order valence-corrected chi connectivity index (χ0v) is 19.0. The number of hydrogen-bond donors (Lipinski definition) is 0. The molecule has 172 valence electrons. The van der Waals surface area contributed by atoms with E-state index >= 15 is 0 Å². The van der Waals surface area contributed by atoms with Crippen molar-refractivity contribution < 1.29 is 32.2 Å². The highest BCUT2D eigenvalue weighted by Gasteiger charge is 2.38. The summed E-state index contributed by atoms with van der Waals surface area (Å²) in [5, 5.41) is 0. The molecule has 3 rings (SSSR count). The Morgan fingerprint density at radius 3 is 2.25 bits per heavy atom. The van der Waals surface area contributed by atoms with Crippen molar-refractivity contribution >= 4 is 21.8 Å². The third-order valence-electron chi connectivity index (χ3n) is 5.25. The van der Waals surface area contributed by atoms with Gasteiger partial charge in [-0.05, 0) is 62.6 Å². The van der Waals surface area contributed by atoms with Crippen LogP contribution in [0.1, 0.15) is 36.5 Å². The van der Waals surface area contributed by atoms with E-state index in [1.54, 1.807) is 31.4 Å². The Kier molecular flexibility index (Phi) is 7.87. The molecule has 0 aliphatic carbocycles. The van der Waals surface area contributed by atoms with Crippen LogP contribution in [0.4, 0.5) is 0 Å². The second-order valence-electron chi connectivity index (χ2n) is 7.40. The van der Waals surface area contributed by atoms with E-state index in [0.717, 1.165) is 6.42 Å². The molecule has 32 heavy (non-hydrogen) atoms. The van der Waals surface area contributed by atoms with Gasteiger partial charge in [0.1, 0.15) is 30.8 Å². The average molecular weight is 462 g/mol. The first kappa shape index (κ1) is 23.7. The molecule has 0 bridgehead atoms. The molecule has 0 saturated carbocycles. The van der Waals surface area contributed by atoms with Crippen molar-refractivity contribution in [2.45, 2.75) is 37.1 Å². The third-order valence-corrected chi connectivity index (χ3v) is 7.17. The fourth-order valence-corrected chi connectivity index (χ4v) is 5.14. The van der Waals surface area contributed by atoms with E-state index in [4.69, 9.17) is 14.2 Å². The van der Waals surface area contributed by atoms with E-state index in [0.29, 0.717) is 29.9 Å². The average Bonchev–Trinajstić information content (AvgIpc) is 2.82. The number of piperidine rings is 1. The molecule has 1 saturated heterocycles. The number of sulfonamides is 1. The molecule has 1 atom stereocenters. The van der Waals surface area contributed by atoms with Gasteiger partial charge < -0.3 is 14.2 Å². The summed E-state index contributed by atoms with van der Waals surface area (Å²) < 4.78 is 43.4. The van der Waals surface area contributed by atoms with Gasteiger partial charge in [0, 0.05) is 12.1 Å². The van der Waals surface area contributed by atoms with Gasteiger partial charge >= 0.3 is 5.97 Å². The van der Waals surface area contributed by atoms with Gasteiger partial charge in [0.15, 0.2) is 5.78 Å². The van der Waals surface area contributed by atoms with E-state index in [-0.39, 0.29) is 30.4 Å². The maximum Gasteiger partial charge on any atom is 0.324 e. The van der Waals surface area contributed by atoms with Gasteiger partial charge in [-0.15, -0.1) is 0 Å². The highest BCUT2D eigenvalue weighted by molar-refractivity contribution is 7.89. The number of ketones is 1. The number of methoxy groups -OCH3 is 1. The van der Waals surface area contributed by atoms with Crippen LogP contribution in [-0.2, 0) is 19.6 Å². The number of rotatable bonds is 9. The van der Waals surface area contributed by atoms with Crippen LogP contribution >= 0.6 is 0 Å². The van der Waals surface area contributed by atoms with E-state index in [1.165, 1.54) is 35.5 Å². The van der Waals surface area contributed by atoms with Crippen LogP contribution < -0.4 is 9.47 Å². The summed E-state index contributed by atoms with van der Waals surface area (Å²) in [7, 11) is -2.33. The van der Waals surface area contributed by atoms with Gasteiger partial charge in [0.05, 0.1) is 12.0 Å².